The lowest BCUT2D eigenvalue weighted by molar-refractivity contribution is -0.137. The third-order valence-electron chi connectivity index (χ3n) is 2.89. The molecule has 0 heterocycles. The molecule has 0 aromatic rings. The molecule has 2 N–H and O–H groups in total. The molecule has 0 aliphatic carbocycles. The first-order valence-electron chi connectivity index (χ1n) is 7.16. The summed E-state index contributed by atoms with van der Waals surface area (Å²) >= 11 is 0. The molecule has 0 saturated heterocycles. The molecule has 1 radical (unpaired) electrons. The smallest absolute Gasteiger partial charge is 0.303 e. The molecule has 1 amide bonds. The van der Waals surface area contributed by atoms with E-state index in [9.17, 15) is 9.59 Å². The highest BCUT2D eigenvalue weighted by atomic mass is 16.4. The van der Waals surface area contributed by atoms with Gasteiger partial charge in [0.25, 0.3) is 0 Å². The van der Waals surface area contributed by atoms with Crippen LogP contribution in [0.25, 0.3) is 0 Å². The summed E-state index contributed by atoms with van der Waals surface area (Å²) < 4.78 is 0. The van der Waals surface area contributed by atoms with Crippen LogP contribution in [0.1, 0.15) is 59.3 Å². The second-order valence-corrected chi connectivity index (χ2v) is 4.35. The molecular weight excluding hydrogens is 244 g/mol. The number of aliphatic carboxylic acids is 1. The van der Waals surface area contributed by atoms with Crippen molar-refractivity contribution in [3.8, 4) is 0 Å². The van der Waals surface area contributed by atoms with Crippen molar-refractivity contribution in [3.63, 3.8) is 0 Å². The zero-order valence-electron chi connectivity index (χ0n) is 12.6. The Balaban J connectivity index is 0. The van der Waals surface area contributed by atoms with Crippen LogP contribution in [0.4, 0.5) is 0 Å². The number of hydrogen-bond acceptors (Lipinski definition) is 3. The summed E-state index contributed by atoms with van der Waals surface area (Å²) in [5.41, 5.74) is 6.59. The maximum atomic E-state index is 10.2. The fourth-order valence-electron chi connectivity index (χ4n) is 1.59. The number of carbonyl (C=O) groups is 2. The number of amides is 1. The highest BCUT2D eigenvalue weighted by Crippen LogP contribution is 2.04. The van der Waals surface area contributed by atoms with Crippen molar-refractivity contribution in [2.45, 2.75) is 59.3 Å². The van der Waals surface area contributed by atoms with Gasteiger partial charge in [0.2, 0.25) is 5.91 Å². The van der Waals surface area contributed by atoms with Gasteiger partial charge in [0.05, 0.1) is 0 Å². The maximum absolute atomic E-state index is 10.2. The Hall–Kier alpha value is -1.10. The number of carbonyl (C=O) groups excluding carboxylic acids is 1. The molecule has 0 aliphatic heterocycles. The van der Waals surface area contributed by atoms with Crippen molar-refractivity contribution >= 4 is 11.9 Å². The number of carboxylic acids is 1. The first kappa shape index (κ1) is 20.2. The molecule has 0 aliphatic rings. The normalized spacial score (nSPS) is 9.89. The van der Waals surface area contributed by atoms with E-state index in [0.29, 0.717) is 19.3 Å². The van der Waals surface area contributed by atoms with E-state index >= 15 is 0 Å². The summed E-state index contributed by atoms with van der Waals surface area (Å²) in [5, 5.41) is 8.27. The fraction of sp³-hybridized carbons (Fsp3) is 0.857. The van der Waals surface area contributed by atoms with Crippen LogP contribution >= 0.6 is 0 Å². The van der Waals surface area contributed by atoms with Crippen LogP contribution in [0.5, 0.6) is 0 Å². The summed E-state index contributed by atoms with van der Waals surface area (Å²) in [5.74, 6) is -1.31. The Morgan fingerprint density at radius 3 is 1.58 bits per heavy atom. The summed E-state index contributed by atoms with van der Waals surface area (Å²) in [6.07, 6.45) is 3.56. The highest BCUT2D eigenvalue weighted by Gasteiger charge is 1.98. The van der Waals surface area contributed by atoms with Gasteiger partial charge in [0, 0.05) is 12.8 Å². The van der Waals surface area contributed by atoms with Gasteiger partial charge in [0.15, 0.2) is 0 Å². The van der Waals surface area contributed by atoms with Crippen LogP contribution in [-0.4, -0.2) is 41.5 Å². The molecule has 0 fully saturated rings. The molecule has 0 unspecified atom stereocenters. The zero-order valence-corrected chi connectivity index (χ0v) is 12.6. The van der Waals surface area contributed by atoms with Crippen LogP contribution in [0.15, 0.2) is 0 Å². The lowest BCUT2D eigenvalue weighted by Crippen LogP contribution is -2.21. The molecule has 5 nitrogen and oxygen atoms in total. The number of unbranched alkanes of at least 4 members (excludes halogenated alkanes) is 3. The minimum Gasteiger partial charge on any atom is -0.481 e. The van der Waals surface area contributed by atoms with Crippen LogP contribution < -0.4 is 5.73 Å². The van der Waals surface area contributed by atoms with Crippen molar-refractivity contribution in [3.05, 3.63) is 0 Å². The van der Waals surface area contributed by atoms with Gasteiger partial charge < -0.3 is 10.0 Å². The first-order chi connectivity index (χ1) is 8.97. The van der Waals surface area contributed by atoms with E-state index in [-0.39, 0.29) is 6.42 Å². The topological polar surface area (TPSA) is 81.4 Å². The molecule has 0 spiro atoms. The van der Waals surface area contributed by atoms with Crippen molar-refractivity contribution in [1.29, 1.82) is 0 Å². The zero-order chi connectivity index (χ0) is 15.1. The number of nitrogens with zero attached hydrogens (tertiary/aromatic N) is 1. The van der Waals surface area contributed by atoms with Crippen molar-refractivity contribution in [1.82, 2.24) is 10.6 Å². The predicted octanol–water partition coefficient (Wildman–Crippen LogP) is 2.57. The minimum atomic E-state index is -0.772. The van der Waals surface area contributed by atoms with Crippen LogP contribution in [0.3, 0.4) is 0 Å². The summed E-state index contributed by atoms with van der Waals surface area (Å²) in [6, 6.07) is 0. The lowest BCUT2D eigenvalue weighted by Gasteiger charge is -2.13. The molecule has 0 aromatic carbocycles. The molecule has 113 valence electrons. The predicted molar refractivity (Wildman–Crippen MR) is 76.9 cm³/mol. The number of carboxylic acid groups (broad SMARTS) is 1. The summed E-state index contributed by atoms with van der Waals surface area (Å²) in [6.45, 7) is 10.1. The Morgan fingerprint density at radius 2 is 1.32 bits per heavy atom. The number of hydrogen-bond donors (Lipinski definition) is 1. The molecular formula is C14H29N2O3. The van der Waals surface area contributed by atoms with E-state index in [4.69, 9.17) is 10.8 Å². The standard InChI is InChI=1S/C8H14NO3.C6H15N/c9-7(10)5-3-1-2-4-6-8(11)12;1-4-7(5-2)6-3/h9H,1-6H2,(H,11,12);4-6H2,1-3H3. The van der Waals surface area contributed by atoms with Gasteiger partial charge >= 0.3 is 5.97 Å². The van der Waals surface area contributed by atoms with Gasteiger partial charge in [-0.25, -0.2) is 0 Å². The first-order valence-corrected chi connectivity index (χ1v) is 7.16. The molecule has 5 heteroatoms. The minimum absolute atomic E-state index is 0.203. The molecule has 0 saturated carbocycles. The maximum Gasteiger partial charge on any atom is 0.303 e. The summed E-state index contributed by atoms with van der Waals surface area (Å²) in [4.78, 5) is 22.6. The SMILES string of the molecule is CCN(CC)CC.[NH]C(=O)CCCCCCC(=O)O. The Labute approximate surface area is 117 Å². The molecule has 0 rings (SSSR count). The van der Waals surface area contributed by atoms with Gasteiger partial charge in [-0.2, -0.15) is 0 Å². The molecule has 19 heavy (non-hydrogen) atoms. The van der Waals surface area contributed by atoms with Gasteiger partial charge in [-0.3, -0.25) is 15.3 Å². The van der Waals surface area contributed by atoms with Gasteiger partial charge in [-0.1, -0.05) is 33.6 Å². The average Bonchev–Trinajstić information content (AvgIpc) is 2.36. The van der Waals surface area contributed by atoms with Gasteiger partial charge in [-0.05, 0) is 32.5 Å². The number of rotatable bonds is 10. The van der Waals surface area contributed by atoms with Crippen molar-refractivity contribution in [2.24, 2.45) is 0 Å². The van der Waals surface area contributed by atoms with Crippen molar-refractivity contribution in [2.75, 3.05) is 19.6 Å². The molecule has 0 atom stereocenters. The Bertz CT molecular complexity index is 205. The quantitative estimate of drug-likeness (QED) is 0.620. The van der Waals surface area contributed by atoms with Crippen LogP contribution in [0.2, 0.25) is 0 Å². The van der Waals surface area contributed by atoms with E-state index in [1.54, 1.807) is 0 Å². The van der Waals surface area contributed by atoms with E-state index < -0.39 is 11.9 Å². The monoisotopic (exact) mass is 273 g/mol. The van der Waals surface area contributed by atoms with Gasteiger partial charge in [-0.15, -0.1) is 0 Å². The highest BCUT2D eigenvalue weighted by molar-refractivity contribution is 5.72. The Morgan fingerprint density at radius 1 is 0.895 bits per heavy atom. The second kappa shape index (κ2) is 15.0. The van der Waals surface area contributed by atoms with Crippen molar-refractivity contribution < 1.29 is 14.7 Å². The van der Waals surface area contributed by atoms with E-state index in [1.165, 1.54) is 19.6 Å². The van der Waals surface area contributed by atoms with E-state index in [0.717, 1.165) is 12.8 Å². The van der Waals surface area contributed by atoms with E-state index in [1.807, 2.05) is 0 Å². The Kier molecular flexibility index (Phi) is 15.9. The average molecular weight is 273 g/mol. The fourth-order valence-corrected chi connectivity index (χ4v) is 1.59. The van der Waals surface area contributed by atoms with Crippen LogP contribution in [0, 0.1) is 0 Å². The largest absolute Gasteiger partial charge is 0.481 e. The van der Waals surface area contributed by atoms with Gasteiger partial charge in [0.1, 0.15) is 0 Å². The third-order valence-corrected chi connectivity index (χ3v) is 2.89. The van der Waals surface area contributed by atoms with E-state index in [2.05, 4.69) is 25.7 Å². The van der Waals surface area contributed by atoms with Crippen LogP contribution in [-0.2, 0) is 9.59 Å². The lowest BCUT2D eigenvalue weighted by atomic mass is 10.1. The molecule has 0 aromatic heterocycles. The number of nitrogens with one attached hydrogen (secondary N) is 1. The molecule has 0 bridgehead atoms. The second-order valence-electron chi connectivity index (χ2n) is 4.35. The summed E-state index contributed by atoms with van der Waals surface area (Å²) in [7, 11) is 0. The third kappa shape index (κ3) is 19.4.